The summed E-state index contributed by atoms with van der Waals surface area (Å²) in [7, 11) is 1.37. The molecule has 0 N–H and O–H groups in total. The van der Waals surface area contributed by atoms with Crippen molar-refractivity contribution in [1.29, 1.82) is 0 Å². The van der Waals surface area contributed by atoms with E-state index in [0.717, 1.165) is 23.5 Å². The summed E-state index contributed by atoms with van der Waals surface area (Å²) in [6.07, 6.45) is 5.59. The van der Waals surface area contributed by atoms with E-state index in [0.29, 0.717) is 5.16 Å². The lowest BCUT2D eigenvalue weighted by Gasteiger charge is -2.20. The zero-order valence-electron chi connectivity index (χ0n) is 11.0. The minimum absolute atomic E-state index is 0.0859. The van der Waals surface area contributed by atoms with Gasteiger partial charge < -0.3 is 4.74 Å². The Morgan fingerprint density at radius 1 is 1.47 bits per heavy atom. The molecule has 2 aliphatic carbocycles. The van der Waals surface area contributed by atoms with E-state index in [9.17, 15) is 4.79 Å². The molecule has 2 aliphatic rings. The van der Waals surface area contributed by atoms with Crippen molar-refractivity contribution in [2.75, 3.05) is 12.9 Å². The van der Waals surface area contributed by atoms with E-state index in [1.807, 2.05) is 0 Å². The highest BCUT2D eigenvalue weighted by atomic mass is 32.2. The smallest absolute Gasteiger partial charge is 0.327 e. The van der Waals surface area contributed by atoms with Crippen molar-refractivity contribution in [3.63, 3.8) is 0 Å². The Hall–Kier alpha value is -1.11. The van der Waals surface area contributed by atoms with E-state index < -0.39 is 0 Å². The molecule has 104 valence electrons. The Kier molecular flexibility index (Phi) is 3.72. The van der Waals surface area contributed by atoms with Gasteiger partial charge in [-0.1, -0.05) is 18.2 Å². The molecule has 2 bridgehead atoms. The molecule has 1 aromatic rings. The van der Waals surface area contributed by atoms with Gasteiger partial charge in [-0.15, -0.1) is 5.10 Å². The molecular weight excluding hydrogens is 264 g/mol. The summed E-state index contributed by atoms with van der Waals surface area (Å²) in [6.45, 7) is 0.0859. The molecular formula is C12H18N4O2S. The van der Waals surface area contributed by atoms with E-state index in [1.54, 1.807) is 11.8 Å². The van der Waals surface area contributed by atoms with Crippen LogP contribution in [-0.2, 0) is 16.1 Å². The van der Waals surface area contributed by atoms with Crippen LogP contribution in [-0.4, -0.2) is 39.0 Å². The SMILES string of the molecule is COC(=O)Cn1nnnc1SCC1CC2CCC1C2. The molecule has 3 rings (SSSR count). The lowest BCUT2D eigenvalue weighted by atomic mass is 9.90. The molecule has 0 aromatic carbocycles. The molecule has 1 heterocycles. The average molecular weight is 282 g/mol. The van der Waals surface area contributed by atoms with E-state index in [2.05, 4.69) is 20.3 Å². The highest BCUT2D eigenvalue weighted by molar-refractivity contribution is 7.99. The summed E-state index contributed by atoms with van der Waals surface area (Å²) in [6, 6.07) is 0. The van der Waals surface area contributed by atoms with E-state index in [4.69, 9.17) is 0 Å². The van der Waals surface area contributed by atoms with Crippen LogP contribution >= 0.6 is 11.8 Å². The third-order valence-electron chi connectivity index (χ3n) is 4.32. The molecule has 3 unspecified atom stereocenters. The van der Waals surface area contributed by atoms with Gasteiger partial charge in [-0.3, -0.25) is 4.79 Å². The zero-order valence-corrected chi connectivity index (χ0v) is 11.8. The second-order valence-corrected chi connectivity index (χ2v) is 6.43. The van der Waals surface area contributed by atoms with Crippen LogP contribution in [0.25, 0.3) is 0 Å². The van der Waals surface area contributed by atoms with Crippen LogP contribution in [0.3, 0.4) is 0 Å². The van der Waals surface area contributed by atoms with Crippen LogP contribution in [0.2, 0.25) is 0 Å². The minimum atomic E-state index is -0.325. The number of hydrogen-bond acceptors (Lipinski definition) is 6. The molecule has 6 nitrogen and oxygen atoms in total. The lowest BCUT2D eigenvalue weighted by Crippen LogP contribution is -2.16. The number of esters is 1. The first kappa shape index (κ1) is 12.9. The Morgan fingerprint density at radius 3 is 3.05 bits per heavy atom. The first-order chi connectivity index (χ1) is 9.26. The van der Waals surface area contributed by atoms with Crippen LogP contribution in [0.15, 0.2) is 5.16 Å². The highest BCUT2D eigenvalue weighted by Crippen LogP contribution is 2.49. The molecule has 0 spiro atoms. The van der Waals surface area contributed by atoms with E-state index in [1.165, 1.54) is 37.5 Å². The number of ether oxygens (including phenoxy) is 1. The number of carbonyl (C=O) groups is 1. The zero-order chi connectivity index (χ0) is 13.2. The fourth-order valence-electron chi connectivity index (χ4n) is 3.35. The number of thioether (sulfide) groups is 1. The van der Waals surface area contributed by atoms with Crippen LogP contribution in [0, 0.1) is 17.8 Å². The number of fused-ring (bicyclic) bond motifs is 2. The van der Waals surface area contributed by atoms with Crippen molar-refractivity contribution < 1.29 is 9.53 Å². The van der Waals surface area contributed by atoms with Crippen molar-refractivity contribution in [2.24, 2.45) is 17.8 Å². The van der Waals surface area contributed by atoms with Gasteiger partial charge >= 0.3 is 5.97 Å². The molecule has 19 heavy (non-hydrogen) atoms. The molecule has 7 heteroatoms. The summed E-state index contributed by atoms with van der Waals surface area (Å²) in [5.74, 6) is 3.40. The van der Waals surface area contributed by atoms with Crippen molar-refractivity contribution in [1.82, 2.24) is 20.2 Å². The standard InChI is InChI=1S/C12H18N4O2S/c1-18-11(17)6-16-12(13-14-15-16)19-7-10-5-8-2-3-9(10)4-8/h8-10H,2-7H2,1H3. The molecule has 0 aliphatic heterocycles. The predicted octanol–water partition coefficient (Wildman–Crippen LogP) is 1.37. The Balaban J connectivity index is 1.55. The summed E-state index contributed by atoms with van der Waals surface area (Å²) in [4.78, 5) is 11.2. The molecule has 2 fully saturated rings. The van der Waals surface area contributed by atoms with Gasteiger partial charge in [0.25, 0.3) is 0 Å². The van der Waals surface area contributed by atoms with Gasteiger partial charge in [0.1, 0.15) is 6.54 Å². The number of carbonyl (C=O) groups excluding carboxylic acids is 1. The Morgan fingerprint density at radius 2 is 2.37 bits per heavy atom. The fourth-order valence-corrected chi connectivity index (χ4v) is 4.46. The first-order valence-corrected chi connectivity index (χ1v) is 7.70. The van der Waals surface area contributed by atoms with Gasteiger partial charge in [-0.25, -0.2) is 4.68 Å². The second-order valence-electron chi connectivity index (χ2n) is 5.44. The van der Waals surface area contributed by atoms with Gasteiger partial charge in [0, 0.05) is 5.75 Å². The second kappa shape index (κ2) is 5.48. The number of nitrogens with zero attached hydrogens (tertiary/aromatic N) is 4. The summed E-state index contributed by atoms with van der Waals surface area (Å²) in [5, 5.41) is 12.2. The topological polar surface area (TPSA) is 69.9 Å². The number of aromatic nitrogens is 4. The minimum Gasteiger partial charge on any atom is -0.468 e. The van der Waals surface area contributed by atoms with Crippen molar-refractivity contribution in [3.05, 3.63) is 0 Å². The summed E-state index contributed by atoms with van der Waals surface area (Å²) in [5.41, 5.74) is 0. The van der Waals surface area contributed by atoms with Crippen molar-refractivity contribution in [3.8, 4) is 0 Å². The van der Waals surface area contributed by atoms with Gasteiger partial charge in [0.15, 0.2) is 0 Å². The molecule has 2 saturated carbocycles. The van der Waals surface area contributed by atoms with Gasteiger partial charge in [0.05, 0.1) is 7.11 Å². The maximum Gasteiger partial charge on any atom is 0.327 e. The monoisotopic (exact) mass is 282 g/mol. The quantitative estimate of drug-likeness (QED) is 0.600. The largest absolute Gasteiger partial charge is 0.468 e. The molecule has 1 aromatic heterocycles. The van der Waals surface area contributed by atoms with Crippen molar-refractivity contribution in [2.45, 2.75) is 37.4 Å². The van der Waals surface area contributed by atoms with E-state index in [-0.39, 0.29) is 12.5 Å². The first-order valence-electron chi connectivity index (χ1n) is 6.72. The summed E-state index contributed by atoms with van der Waals surface area (Å²) < 4.78 is 6.15. The maximum atomic E-state index is 11.2. The number of rotatable bonds is 5. The Bertz CT molecular complexity index is 464. The van der Waals surface area contributed by atoms with Crippen LogP contribution in [0.1, 0.15) is 25.7 Å². The lowest BCUT2D eigenvalue weighted by molar-refractivity contribution is -0.141. The molecule has 0 radical (unpaired) electrons. The van der Waals surface area contributed by atoms with Gasteiger partial charge in [-0.05, 0) is 47.4 Å². The van der Waals surface area contributed by atoms with Gasteiger partial charge in [-0.2, -0.15) is 0 Å². The number of tetrazole rings is 1. The predicted molar refractivity (Wildman–Crippen MR) is 69.5 cm³/mol. The summed E-state index contributed by atoms with van der Waals surface area (Å²) >= 11 is 1.66. The normalized spacial score (nSPS) is 28.8. The molecule has 3 atom stereocenters. The highest BCUT2D eigenvalue weighted by Gasteiger charge is 2.39. The van der Waals surface area contributed by atoms with Crippen molar-refractivity contribution >= 4 is 17.7 Å². The molecule has 0 saturated heterocycles. The number of methoxy groups -OCH3 is 1. The fraction of sp³-hybridized carbons (Fsp3) is 0.833. The molecule has 0 amide bonds. The average Bonchev–Trinajstić information content (AvgIpc) is 3.12. The third kappa shape index (κ3) is 2.75. The number of hydrogen-bond donors (Lipinski definition) is 0. The third-order valence-corrected chi connectivity index (χ3v) is 5.46. The van der Waals surface area contributed by atoms with Crippen LogP contribution < -0.4 is 0 Å². The maximum absolute atomic E-state index is 11.2. The van der Waals surface area contributed by atoms with Crippen LogP contribution in [0.5, 0.6) is 0 Å². The van der Waals surface area contributed by atoms with E-state index >= 15 is 0 Å². The van der Waals surface area contributed by atoms with Gasteiger partial charge in [0.2, 0.25) is 5.16 Å². The Labute approximate surface area is 116 Å². The van der Waals surface area contributed by atoms with Crippen LogP contribution in [0.4, 0.5) is 0 Å².